The highest BCUT2D eigenvalue weighted by Crippen LogP contribution is 2.16. The molecule has 0 spiro atoms. The Bertz CT molecular complexity index is 307. The summed E-state index contributed by atoms with van der Waals surface area (Å²) in [7, 11) is 0. The lowest BCUT2D eigenvalue weighted by Crippen LogP contribution is -2.56. The first-order valence-electron chi connectivity index (χ1n) is 6.05. The Morgan fingerprint density at radius 3 is 2.35 bits per heavy atom. The molecule has 2 fully saturated rings. The van der Waals surface area contributed by atoms with Gasteiger partial charge in [-0.25, -0.2) is 0 Å². The topological polar surface area (TPSA) is 86.9 Å². The summed E-state index contributed by atoms with van der Waals surface area (Å²) in [6.45, 7) is 2.86. The number of piperidine rings is 1. The molecule has 2 aliphatic heterocycles. The van der Waals surface area contributed by atoms with Gasteiger partial charge in [-0.05, 0) is 12.8 Å². The number of amides is 1. The van der Waals surface area contributed by atoms with Crippen LogP contribution in [-0.2, 0) is 9.59 Å². The summed E-state index contributed by atoms with van der Waals surface area (Å²) in [5.41, 5.74) is 5.79. The van der Waals surface area contributed by atoms with Crippen LogP contribution in [-0.4, -0.2) is 65.5 Å². The maximum Gasteiger partial charge on any atom is 0.310 e. The van der Waals surface area contributed by atoms with Crippen LogP contribution in [0.15, 0.2) is 0 Å². The predicted octanol–water partition coefficient (Wildman–Crippen LogP) is -1.05. The number of carboxylic acids is 1. The highest BCUT2D eigenvalue weighted by Gasteiger charge is 2.36. The van der Waals surface area contributed by atoms with Crippen molar-refractivity contribution in [2.75, 3.05) is 32.7 Å². The zero-order chi connectivity index (χ0) is 12.4. The van der Waals surface area contributed by atoms with Crippen molar-refractivity contribution in [2.45, 2.75) is 18.9 Å². The Hall–Kier alpha value is -1.14. The lowest BCUT2D eigenvalue weighted by molar-refractivity contribution is -0.153. The van der Waals surface area contributed by atoms with E-state index >= 15 is 0 Å². The Morgan fingerprint density at radius 2 is 1.82 bits per heavy atom. The van der Waals surface area contributed by atoms with E-state index in [-0.39, 0.29) is 17.9 Å². The zero-order valence-electron chi connectivity index (χ0n) is 9.84. The fourth-order valence-corrected chi connectivity index (χ4v) is 2.24. The molecule has 6 nitrogen and oxygen atoms in total. The van der Waals surface area contributed by atoms with E-state index in [1.807, 2.05) is 0 Å². The number of carbonyl (C=O) groups is 2. The fourth-order valence-electron chi connectivity index (χ4n) is 2.24. The average Bonchev–Trinajstić information content (AvgIpc) is 2.18. The molecular formula is C11H19N3O3. The molecule has 2 rings (SSSR count). The van der Waals surface area contributed by atoms with Crippen LogP contribution < -0.4 is 5.73 Å². The molecule has 0 aromatic rings. The van der Waals surface area contributed by atoms with Gasteiger partial charge < -0.3 is 15.7 Å². The van der Waals surface area contributed by atoms with E-state index in [1.165, 1.54) is 0 Å². The number of nitrogens with two attached hydrogens (primary N) is 1. The van der Waals surface area contributed by atoms with E-state index < -0.39 is 5.97 Å². The lowest BCUT2D eigenvalue weighted by Gasteiger charge is -2.38. The number of carbonyl (C=O) groups excluding carboxylic acids is 1. The van der Waals surface area contributed by atoms with E-state index in [9.17, 15) is 9.59 Å². The SMILES string of the molecule is NC1CCN(CC(=O)N2CC(C(=O)O)C2)CC1. The van der Waals surface area contributed by atoms with Crippen molar-refractivity contribution < 1.29 is 14.7 Å². The molecule has 0 aromatic carbocycles. The van der Waals surface area contributed by atoms with E-state index in [0.717, 1.165) is 25.9 Å². The standard InChI is InChI=1S/C11H19N3O3/c12-9-1-3-13(4-2-9)7-10(15)14-5-8(6-14)11(16)17/h8-9H,1-7,12H2,(H,16,17). The van der Waals surface area contributed by atoms with Crippen LogP contribution in [0.2, 0.25) is 0 Å². The molecule has 0 bridgehead atoms. The third-order valence-electron chi connectivity index (χ3n) is 3.57. The maximum absolute atomic E-state index is 11.8. The van der Waals surface area contributed by atoms with Crippen molar-refractivity contribution in [1.29, 1.82) is 0 Å². The minimum absolute atomic E-state index is 0.0398. The first-order valence-corrected chi connectivity index (χ1v) is 6.05. The average molecular weight is 241 g/mol. The van der Waals surface area contributed by atoms with E-state index in [1.54, 1.807) is 4.90 Å². The molecule has 0 aromatic heterocycles. The largest absolute Gasteiger partial charge is 0.481 e. The monoisotopic (exact) mass is 241 g/mol. The molecule has 2 heterocycles. The second kappa shape index (κ2) is 5.01. The van der Waals surface area contributed by atoms with Crippen molar-refractivity contribution in [1.82, 2.24) is 9.80 Å². The highest BCUT2D eigenvalue weighted by atomic mass is 16.4. The van der Waals surface area contributed by atoms with Gasteiger partial charge in [0.1, 0.15) is 0 Å². The van der Waals surface area contributed by atoms with Crippen LogP contribution in [0.4, 0.5) is 0 Å². The summed E-state index contributed by atoms with van der Waals surface area (Å²) in [4.78, 5) is 26.1. The number of carboxylic acid groups (broad SMARTS) is 1. The number of likely N-dealkylation sites (tertiary alicyclic amines) is 2. The maximum atomic E-state index is 11.8. The Balaban J connectivity index is 1.70. The van der Waals surface area contributed by atoms with Crippen LogP contribution in [0.25, 0.3) is 0 Å². The van der Waals surface area contributed by atoms with Crippen molar-refractivity contribution in [3.8, 4) is 0 Å². The van der Waals surface area contributed by atoms with Gasteiger partial charge in [0.2, 0.25) is 5.91 Å². The molecule has 96 valence electrons. The smallest absolute Gasteiger partial charge is 0.310 e. The Kier molecular flexibility index (Phi) is 3.63. The molecule has 0 atom stereocenters. The number of aliphatic carboxylic acids is 1. The number of nitrogens with zero attached hydrogens (tertiary/aromatic N) is 2. The van der Waals surface area contributed by atoms with Crippen LogP contribution in [0.5, 0.6) is 0 Å². The molecule has 0 saturated carbocycles. The van der Waals surface area contributed by atoms with Gasteiger partial charge in [0.05, 0.1) is 12.5 Å². The van der Waals surface area contributed by atoms with Gasteiger partial charge >= 0.3 is 5.97 Å². The Morgan fingerprint density at radius 1 is 1.24 bits per heavy atom. The third kappa shape index (κ3) is 2.95. The Labute approximate surface area is 100 Å². The summed E-state index contributed by atoms with van der Waals surface area (Å²) in [6, 6.07) is 0.266. The minimum Gasteiger partial charge on any atom is -0.481 e. The summed E-state index contributed by atoms with van der Waals surface area (Å²) >= 11 is 0. The zero-order valence-corrected chi connectivity index (χ0v) is 9.84. The van der Waals surface area contributed by atoms with Gasteiger partial charge in [-0.15, -0.1) is 0 Å². The van der Waals surface area contributed by atoms with Crippen LogP contribution in [0.1, 0.15) is 12.8 Å². The van der Waals surface area contributed by atoms with Crippen LogP contribution in [0, 0.1) is 5.92 Å². The van der Waals surface area contributed by atoms with Gasteiger partial charge in [-0.3, -0.25) is 14.5 Å². The fraction of sp³-hybridized carbons (Fsp3) is 0.818. The molecule has 0 radical (unpaired) electrons. The summed E-state index contributed by atoms with van der Waals surface area (Å²) in [5.74, 6) is -1.13. The van der Waals surface area contributed by atoms with Gasteiger partial charge in [-0.2, -0.15) is 0 Å². The summed E-state index contributed by atoms with van der Waals surface area (Å²) in [5, 5.41) is 8.72. The second-order valence-corrected chi connectivity index (χ2v) is 4.95. The quantitative estimate of drug-likeness (QED) is 0.658. The van der Waals surface area contributed by atoms with Crippen LogP contribution in [0.3, 0.4) is 0 Å². The highest BCUT2D eigenvalue weighted by molar-refractivity contribution is 5.82. The molecule has 2 aliphatic rings. The second-order valence-electron chi connectivity index (χ2n) is 4.95. The van der Waals surface area contributed by atoms with Gasteiger partial charge in [0, 0.05) is 32.2 Å². The van der Waals surface area contributed by atoms with E-state index in [4.69, 9.17) is 10.8 Å². The van der Waals surface area contributed by atoms with E-state index in [2.05, 4.69) is 4.90 Å². The number of hydrogen-bond donors (Lipinski definition) is 2. The van der Waals surface area contributed by atoms with Gasteiger partial charge in [-0.1, -0.05) is 0 Å². The molecule has 0 aliphatic carbocycles. The summed E-state index contributed by atoms with van der Waals surface area (Å²) < 4.78 is 0. The molecular weight excluding hydrogens is 222 g/mol. The van der Waals surface area contributed by atoms with Crippen molar-refractivity contribution in [2.24, 2.45) is 11.7 Å². The predicted molar refractivity (Wildman–Crippen MR) is 61.4 cm³/mol. The van der Waals surface area contributed by atoms with Crippen molar-refractivity contribution in [3.05, 3.63) is 0 Å². The first kappa shape index (κ1) is 12.3. The third-order valence-corrected chi connectivity index (χ3v) is 3.57. The summed E-state index contributed by atoms with van der Waals surface area (Å²) in [6.07, 6.45) is 1.87. The molecule has 2 saturated heterocycles. The molecule has 1 amide bonds. The molecule has 17 heavy (non-hydrogen) atoms. The minimum atomic E-state index is -0.807. The normalized spacial score (nSPS) is 23.5. The van der Waals surface area contributed by atoms with Crippen molar-refractivity contribution in [3.63, 3.8) is 0 Å². The number of hydrogen-bond acceptors (Lipinski definition) is 4. The van der Waals surface area contributed by atoms with Gasteiger partial charge in [0.15, 0.2) is 0 Å². The lowest BCUT2D eigenvalue weighted by atomic mass is 10.0. The number of rotatable bonds is 3. The van der Waals surface area contributed by atoms with Crippen molar-refractivity contribution >= 4 is 11.9 Å². The molecule has 3 N–H and O–H groups in total. The molecule has 0 unspecified atom stereocenters. The van der Waals surface area contributed by atoms with Crippen LogP contribution >= 0.6 is 0 Å². The van der Waals surface area contributed by atoms with E-state index in [0.29, 0.717) is 19.6 Å². The molecule has 6 heteroatoms. The van der Waals surface area contributed by atoms with Gasteiger partial charge in [0.25, 0.3) is 0 Å². The first-order chi connectivity index (χ1) is 8.06.